The molecule has 0 unspecified atom stereocenters. The number of nitrogens with two attached hydrogens (primary N) is 1. The lowest BCUT2D eigenvalue weighted by Gasteiger charge is -2.15. The largest absolute Gasteiger partial charge is 0.418 e. The first-order chi connectivity index (χ1) is 9.50. The molecule has 1 aromatic heterocycles. The molecule has 0 aliphatic rings. The van der Waals surface area contributed by atoms with Crippen LogP contribution in [0.15, 0.2) is 24.4 Å². The molecule has 2 rings (SSSR count). The van der Waals surface area contributed by atoms with E-state index in [9.17, 15) is 26.3 Å². The molecule has 0 fully saturated rings. The van der Waals surface area contributed by atoms with E-state index in [0.717, 1.165) is 16.9 Å². The number of rotatable bonds is 1. The molecule has 0 aliphatic carbocycles. The van der Waals surface area contributed by atoms with E-state index in [1.807, 2.05) is 0 Å². The number of halogens is 6. The van der Waals surface area contributed by atoms with Gasteiger partial charge in [0.1, 0.15) is 0 Å². The van der Waals surface area contributed by atoms with Crippen LogP contribution in [0.4, 0.5) is 32.0 Å². The molecule has 0 saturated carbocycles. The van der Waals surface area contributed by atoms with E-state index in [2.05, 4.69) is 5.10 Å². The fourth-order valence-corrected chi connectivity index (χ4v) is 1.74. The summed E-state index contributed by atoms with van der Waals surface area (Å²) in [6.45, 7) is 1.48. The van der Waals surface area contributed by atoms with Crippen molar-refractivity contribution < 1.29 is 26.3 Å². The number of aromatic nitrogens is 2. The maximum atomic E-state index is 13.0. The van der Waals surface area contributed by atoms with Gasteiger partial charge in [-0.05, 0) is 25.1 Å². The molecule has 2 N–H and O–H groups in total. The Kier molecular flexibility index (Phi) is 3.38. The molecular weight excluding hydrogens is 300 g/mol. The van der Waals surface area contributed by atoms with Crippen LogP contribution in [-0.4, -0.2) is 9.78 Å². The van der Waals surface area contributed by atoms with Crippen molar-refractivity contribution in [2.24, 2.45) is 0 Å². The van der Waals surface area contributed by atoms with Gasteiger partial charge >= 0.3 is 12.4 Å². The lowest BCUT2D eigenvalue weighted by molar-refractivity contribution is -0.143. The zero-order chi connectivity index (χ0) is 16.0. The molecule has 0 radical (unpaired) electrons. The molecular formula is C12H9F6N3. The van der Waals surface area contributed by atoms with Gasteiger partial charge in [-0.1, -0.05) is 0 Å². The number of nitrogen functional groups attached to an aromatic ring is 1. The molecule has 0 saturated heterocycles. The third-order valence-electron chi connectivity index (χ3n) is 2.81. The molecule has 21 heavy (non-hydrogen) atoms. The topological polar surface area (TPSA) is 43.8 Å². The van der Waals surface area contributed by atoms with Gasteiger partial charge in [-0.15, -0.1) is 0 Å². The summed E-state index contributed by atoms with van der Waals surface area (Å²) in [7, 11) is 0. The van der Waals surface area contributed by atoms with E-state index in [0.29, 0.717) is 6.07 Å². The molecule has 1 heterocycles. The summed E-state index contributed by atoms with van der Waals surface area (Å²) in [5.74, 6) is 0. The van der Waals surface area contributed by atoms with Crippen LogP contribution in [-0.2, 0) is 12.4 Å². The monoisotopic (exact) mass is 309 g/mol. The summed E-state index contributed by atoms with van der Waals surface area (Å²) < 4.78 is 77.4. The first kappa shape index (κ1) is 15.2. The summed E-state index contributed by atoms with van der Waals surface area (Å²) >= 11 is 0. The van der Waals surface area contributed by atoms with E-state index in [1.54, 1.807) is 0 Å². The Morgan fingerprint density at radius 2 is 1.67 bits per heavy atom. The molecule has 0 bridgehead atoms. The lowest BCUT2D eigenvalue weighted by atomic mass is 10.1. The van der Waals surface area contributed by atoms with E-state index in [4.69, 9.17) is 5.73 Å². The molecule has 1 aromatic carbocycles. The van der Waals surface area contributed by atoms with Crippen molar-refractivity contribution in [2.75, 3.05) is 5.73 Å². The molecule has 2 aromatic rings. The first-order valence-electron chi connectivity index (χ1n) is 5.60. The predicted molar refractivity (Wildman–Crippen MR) is 62.7 cm³/mol. The van der Waals surface area contributed by atoms with Crippen LogP contribution in [0.1, 0.15) is 16.8 Å². The molecule has 0 atom stereocenters. The van der Waals surface area contributed by atoms with E-state index in [1.165, 1.54) is 6.92 Å². The zero-order valence-electron chi connectivity index (χ0n) is 10.5. The summed E-state index contributed by atoms with van der Waals surface area (Å²) in [6, 6.07) is 1.35. The highest BCUT2D eigenvalue weighted by atomic mass is 19.4. The van der Waals surface area contributed by atoms with Crippen LogP contribution in [0.3, 0.4) is 0 Å². The average Bonchev–Trinajstić information content (AvgIpc) is 2.66. The second kappa shape index (κ2) is 4.68. The second-order valence-electron chi connectivity index (χ2n) is 4.34. The molecule has 0 spiro atoms. The van der Waals surface area contributed by atoms with E-state index in [-0.39, 0.29) is 17.4 Å². The standard InChI is InChI=1S/C12H9F6N3/c1-6-9(19)5-21(20-6)10-3-2-7(11(13,14)15)4-8(10)12(16,17)18/h2-5H,19H2,1H3. The summed E-state index contributed by atoms with van der Waals surface area (Å²) in [6.07, 6.45) is -8.70. The van der Waals surface area contributed by atoms with Gasteiger partial charge in [-0.25, -0.2) is 4.68 Å². The molecule has 9 heteroatoms. The van der Waals surface area contributed by atoms with Gasteiger partial charge in [-0.2, -0.15) is 31.4 Å². The molecule has 0 aliphatic heterocycles. The fraction of sp³-hybridized carbons (Fsp3) is 0.250. The Bertz CT molecular complexity index is 649. The van der Waals surface area contributed by atoms with Crippen LogP contribution < -0.4 is 5.73 Å². The van der Waals surface area contributed by atoms with E-state index < -0.39 is 29.2 Å². The van der Waals surface area contributed by atoms with Crippen molar-refractivity contribution in [3.63, 3.8) is 0 Å². The van der Waals surface area contributed by atoms with Crippen molar-refractivity contribution in [2.45, 2.75) is 19.3 Å². The van der Waals surface area contributed by atoms with Gasteiger partial charge in [0, 0.05) is 0 Å². The van der Waals surface area contributed by atoms with Gasteiger partial charge in [0.15, 0.2) is 0 Å². The van der Waals surface area contributed by atoms with Crippen LogP contribution in [0, 0.1) is 6.92 Å². The Hall–Kier alpha value is -2.19. The second-order valence-corrected chi connectivity index (χ2v) is 4.34. The Morgan fingerprint density at radius 1 is 1.05 bits per heavy atom. The minimum absolute atomic E-state index is 0.0581. The van der Waals surface area contributed by atoms with Crippen molar-refractivity contribution in [3.8, 4) is 5.69 Å². The number of anilines is 1. The highest BCUT2D eigenvalue weighted by molar-refractivity contribution is 5.49. The number of nitrogens with zero attached hydrogens (tertiary/aromatic N) is 2. The number of benzene rings is 1. The Balaban J connectivity index is 2.66. The minimum Gasteiger partial charge on any atom is -0.396 e. The van der Waals surface area contributed by atoms with Crippen LogP contribution in [0.2, 0.25) is 0 Å². The predicted octanol–water partition coefficient (Wildman–Crippen LogP) is 3.80. The maximum absolute atomic E-state index is 13.0. The summed E-state index contributed by atoms with van der Waals surface area (Å²) in [5.41, 5.74) is 2.59. The SMILES string of the molecule is Cc1nn(-c2ccc(C(F)(F)F)cc2C(F)(F)F)cc1N. The number of aryl methyl sites for hydroxylation is 1. The van der Waals surface area contributed by atoms with Crippen molar-refractivity contribution in [1.29, 1.82) is 0 Å². The fourth-order valence-electron chi connectivity index (χ4n) is 1.74. The highest BCUT2D eigenvalue weighted by Crippen LogP contribution is 2.38. The van der Waals surface area contributed by atoms with Crippen molar-refractivity contribution in [3.05, 3.63) is 41.2 Å². The number of hydrogen-bond donors (Lipinski definition) is 1. The average molecular weight is 309 g/mol. The van der Waals surface area contributed by atoms with Gasteiger partial charge in [0.2, 0.25) is 0 Å². The van der Waals surface area contributed by atoms with Gasteiger partial charge in [0.05, 0.1) is 34.4 Å². The summed E-state index contributed by atoms with van der Waals surface area (Å²) in [5, 5.41) is 3.76. The third-order valence-corrected chi connectivity index (χ3v) is 2.81. The molecule has 3 nitrogen and oxygen atoms in total. The van der Waals surface area contributed by atoms with E-state index >= 15 is 0 Å². The Labute approximate surface area is 115 Å². The normalized spacial score (nSPS) is 12.7. The smallest absolute Gasteiger partial charge is 0.396 e. The highest BCUT2D eigenvalue weighted by Gasteiger charge is 2.38. The Morgan fingerprint density at radius 3 is 2.10 bits per heavy atom. The quantitative estimate of drug-likeness (QED) is 0.814. The number of hydrogen-bond acceptors (Lipinski definition) is 2. The van der Waals surface area contributed by atoms with Gasteiger partial charge in [0.25, 0.3) is 0 Å². The van der Waals surface area contributed by atoms with Crippen molar-refractivity contribution in [1.82, 2.24) is 9.78 Å². The summed E-state index contributed by atoms with van der Waals surface area (Å²) in [4.78, 5) is 0. The van der Waals surface area contributed by atoms with Gasteiger partial charge in [-0.3, -0.25) is 0 Å². The lowest BCUT2D eigenvalue weighted by Crippen LogP contribution is -2.14. The third kappa shape index (κ3) is 2.96. The zero-order valence-corrected chi connectivity index (χ0v) is 10.5. The van der Waals surface area contributed by atoms with Crippen LogP contribution >= 0.6 is 0 Å². The van der Waals surface area contributed by atoms with Crippen LogP contribution in [0.25, 0.3) is 5.69 Å². The molecule has 0 amide bonds. The molecule has 114 valence electrons. The first-order valence-corrected chi connectivity index (χ1v) is 5.60. The van der Waals surface area contributed by atoms with Gasteiger partial charge < -0.3 is 5.73 Å². The number of alkyl halides is 6. The minimum atomic E-state index is -4.95. The van der Waals surface area contributed by atoms with Crippen LogP contribution in [0.5, 0.6) is 0 Å². The maximum Gasteiger partial charge on any atom is 0.418 e. The van der Waals surface area contributed by atoms with Crippen molar-refractivity contribution >= 4 is 5.69 Å².